The highest BCUT2D eigenvalue weighted by atomic mass is 32.1. The molecule has 0 saturated carbocycles. The summed E-state index contributed by atoms with van der Waals surface area (Å²) in [5.74, 6) is -0.223. The van der Waals surface area contributed by atoms with Gasteiger partial charge in [0.1, 0.15) is 6.20 Å². The van der Waals surface area contributed by atoms with E-state index in [0.717, 1.165) is 17.5 Å². The third kappa shape index (κ3) is 3.47. The number of carbonyl (C=O) groups is 1. The van der Waals surface area contributed by atoms with Gasteiger partial charge in [0.25, 0.3) is 0 Å². The molecule has 0 unspecified atom stereocenters. The van der Waals surface area contributed by atoms with E-state index in [1.807, 2.05) is 0 Å². The van der Waals surface area contributed by atoms with E-state index < -0.39 is 4.92 Å². The van der Waals surface area contributed by atoms with Crippen LogP contribution in [0.5, 0.6) is 0 Å². The van der Waals surface area contributed by atoms with Gasteiger partial charge in [-0.15, -0.1) is 6.58 Å². The Morgan fingerprint density at radius 3 is 3.07 bits per heavy atom. The van der Waals surface area contributed by atoms with Crippen molar-refractivity contribution in [1.29, 1.82) is 0 Å². The summed E-state index contributed by atoms with van der Waals surface area (Å²) < 4.78 is 0. The van der Waals surface area contributed by atoms with Crippen LogP contribution in [0.3, 0.4) is 0 Å². The van der Waals surface area contributed by atoms with Gasteiger partial charge >= 0.3 is 5.00 Å². The van der Waals surface area contributed by atoms with Crippen LogP contribution in [0.4, 0.5) is 10.1 Å². The van der Waals surface area contributed by atoms with E-state index in [9.17, 15) is 14.9 Å². The summed E-state index contributed by atoms with van der Waals surface area (Å²) >= 11 is 0.835. The van der Waals surface area contributed by atoms with Gasteiger partial charge in [-0.2, -0.15) is 0 Å². The lowest BCUT2D eigenvalue weighted by Crippen LogP contribution is -2.10. The zero-order chi connectivity index (χ0) is 11.3. The fourth-order valence-corrected chi connectivity index (χ4v) is 1.47. The molecule has 0 atom stereocenters. The molecule has 1 aromatic rings. The molecule has 0 aromatic carbocycles. The van der Waals surface area contributed by atoms with Gasteiger partial charge in [-0.25, -0.2) is 4.98 Å². The van der Waals surface area contributed by atoms with Gasteiger partial charge in [0.15, 0.2) is 5.13 Å². The normalized spacial score (nSPS) is 9.60. The summed E-state index contributed by atoms with van der Waals surface area (Å²) in [4.78, 5) is 24.7. The molecule has 1 amide bonds. The number of nitrogens with zero attached hydrogens (tertiary/aromatic N) is 2. The van der Waals surface area contributed by atoms with Crippen molar-refractivity contribution in [3.63, 3.8) is 0 Å². The number of hydrogen-bond acceptors (Lipinski definition) is 5. The van der Waals surface area contributed by atoms with Gasteiger partial charge < -0.3 is 5.32 Å². The lowest BCUT2D eigenvalue weighted by molar-refractivity contribution is -0.380. The van der Waals surface area contributed by atoms with Crippen LogP contribution in [-0.4, -0.2) is 15.8 Å². The van der Waals surface area contributed by atoms with Crippen molar-refractivity contribution in [2.75, 3.05) is 5.32 Å². The number of thiazole rings is 1. The van der Waals surface area contributed by atoms with E-state index in [0.29, 0.717) is 12.8 Å². The first-order chi connectivity index (χ1) is 7.13. The summed E-state index contributed by atoms with van der Waals surface area (Å²) in [7, 11) is 0. The highest BCUT2D eigenvalue weighted by Gasteiger charge is 2.12. The van der Waals surface area contributed by atoms with Crippen molar-refractivity contribution >= 4 is 27.4 Å². The Morgan fingerprint density at radius 2 is 2.53 bits per heavy atom. The first-order valence-electron chi connectivity index (χ1n) is 4.14. The average Bonchev–Trinajstić information content (AvgIpc) is 2.63. The van der Waals surface area contributed by atoms with Crippen molar-refractivity contribution in [3.05, 3.63) is 29.0 Å². The highest BCUT2D eigenvalue weighted by molar-refractivity contribution is 7.18. The number of carbonyl (C=O) groups excluding carboxylic acids is 1. The summed E-state index contributed by atoms with van der Waals surface area (Å²) in [5.41, 5.74) is 0. The molecule has 0 spiro atoms. The maximum Gasteiger partial charge on any atom is 0.345 e. The first kappa shape index (κ1) is 11.3. The van der Waals surface area contributed by atoms with Crippen molar-refractivity contribution in [2.24, 2.45) is 0 Å². The van der Waals surface area contributed by atoms with Crippen LogP contribution in [0, 0.1) is 10.1 Å². The number of rotatable bonds is 5. The second kappa shape index (κ2) is 5.20. The minimum absolute atomic E-state index is 0.0889. The number of anilines is 1. The molecular weight excluding hydrogens is 218 g/mol. The van der Waals surface area contributed by atoms with Crippen LogP contribution in [0.1, 0.15) is 12.8 Å². The van der Waals surface area contributed by atoms with Crippen molar-refractivity contribution in [1.82, 2.24) is 4.98 Å². The standard InChI is InChI=1S/C8H9N3O3S/c1-2-3-4-6(12)10-8-9-5-7(15-8)11(13)14/h2,5H,1,3-4H2,(H,9,10,12). The second-order valence-corrected chi connectivity index (χ2v) is 3.65. The fraction of sp³-hybridized carbons (Fsp3) is 0.250. The van der Waals surface area contributed by atoms with Crippen LogP contribution in [0.2, 0.25) is 0 Å². The molecule has 7 heteroatoms. The predicted octanol–water partition coefficient (Wildman–Crippen LogP) is 1.96. The van der Waals surface area contributed by atoms with E-state index in [-0.39, 0.29) is 16.0 Å². The Bertz CT molecular complexity index is 388. The molecule has 1 rings (SSSR count). The lowest BCUT2D eigenvalue weighted by atomic mass is 10.3. The molecule has 15 heavy (non-hydrogen) atoms. The average molecular weight is 227 g/mol. The maximum absolute atomic E-state index is 11.2. The monoisotopic (exact) mass is 227 g/mol. The fourth-order valence-electron chi connectivity index (χ4n) is 0.823. The third-order valence-corrected chi connectivity index (χ3v) is 2.36. The summed E-state index contributed by atoms with van der Waals surface area (Å²) in [5, 5.41) is 12.9. The zero-order valence-electron chi connectivity index (χ0n) is 7.80. The third-order valence-electron chi connectivity index (χ3n) is 1.50. The van der Waals surface area contributed by atoms with Crippen LogP contribution in [0.15, 0.2) is 18.9 Å². The van der Waals surface area contributed by atoms with Crippen LogP contribution >= 0.6 is 11.3 Å². The van der Waals surface area contributed by atoms with Gasteiger partial charge in [0.2, 0.25) is 5.91 Å². The Kier molecular flexibility index (Phi) is 3.92. The van der Waals surface area contributed by atoms with Gasteiger partial charge in [0.05, 0.1) is 4.92 Å². The number of allylic oxidation sites excluding steroid dienone is 1. The topological polar surface area (TPSA) is 85.1 Å². The van der Waals surface area contributed by atoms with E-state index in [4.69, 9.17) is 0 Å². The van der Waals surface area contributed by atoms with Gasteiger partial charge in [-0.05, 0) is 17.8 Å². The Labute approximate surface area is 89.8 Å². The second-order valence-electron chi connectivity index (χ2n) is 2.64. The summed E-state index contributed by atoms with van der Waals surface area (Å²) in [6.45, 7) is 3.48. The zero-order valence-corrected chi connectivity index (χ0v) is 8.62. The molecule has 0 fully saturated rings. The van der Waals surface area contributed by atoms with Gasteiger partial charge in [0, 0.05) is 6.42 Å². The Balaban J connectivity index is 2.53. The number of amides is 1. The molecule has 1 aromatic heterocycles. The minimum Gasteiger partial charge on any atom is -0.302 e. The molecule has 1 heterocycles. The number of hydrogen-bond donors (Lipinski definition) is 1. The van der Waals surface area contributed by atoms with E-state index in [2.05, 4.69) is 16.9 Å². The molecule has 0 aliphatic rings. The molecule has 0 radical (unpaired) electrons. The molecule has 0 saturated heterocycles. The predicted molar refractivity (Wildman–Crippen MR) is 56.8 cm³/mol. The van der Waals surface area contributed by atoms with Crippen LogP contribution in [-0.2, 0) is 4.79 Å². The summed E-state index contributed by atoms with van der Waals surface area (Å²) in [6.07, 6.45) is 3.62. The van der Waals surface area contributed by atoms with E-state index in [1.165, 1.54) is 0 Å². The molecule has 1 N–H and O–H groups in total. The number of nitro groups is 1. The van der Waals surface area contributed by atoms with Gasteiger partial charge in [-0.1, -0.05) is 6.08 Å². The molecule has 0 aliphatic carbocycles. The number of nitrogens with one attached hydrogen (secondary N) is 1. The Morgan fingerprint density at radius 1 is 1.80 bits per heavy atom. The highest BCUT2D eigenvalue weighted by Crippen LogP contribution is 2.24. The largest absolute Gasteiger partial charge is 0.345 e. The van der Waals surface area contributed by atoms with Crippen molar-refractivity contribution in [3.8, 4) is 0 Å². The molecule has 80 valence electrons. The summed E-state index contributed by atoms with van der Waals surface area (Å²) in [6, 6.07) is 0. The molecular formula is C8H9N3O3S. The minimum atomic E-state index is -0.545. The number of aromatic nitrogens is 1. The quantitative estimate of drug-likeness (QED) is 0.473. The first-order valence-corrected chi connectivity index (χ1v) is 4.96. The molecule has 6 nitrogen and oxygen atoms in total. The SMILES string of the molecule is C=CCCC(=O)Nc1ncc([N+](=O)[O-])s1. The lowest BCUT2D eigenvalue weighted by Gasteiger charge is -1.97. The van der Waals surface area contributed by atoms with Crippen LogP contribution < -0.4 is 5.32 Å². The molecule has 0 aliphatic heterocycles. The van der Waals surface area contributed by atoms with E-state index >= 15 is 0 Å². The van der Waals surface area contributed by atoms with Crippen molar-refractivity contribution in [2.45, 2.75) is 12.8 Å². The van der Waals surface area contributed by atoms with Gasteiger partial charge in [-0.3, -0.25) is 14.9 Å². The van der Waals surface area contributed by atoms with Crippen LogP contribution in [0.25, 0.3) is 0 Å². The van der Waals surface area contributed by atoms with E-state index in [1.54, 1.807) is 6.08 Å². The Hall–Kier alpha value is -1.76. The van der Waals surface area contributed by atoms with Crippen molar-refractivity contribution < 1.29 is 9.72 Å². The smallest absolute Gasteiger partial charge is 0.302 e. The molecule has 0 bridgehead atoms. The maximum atomic E-state index is 11.2.